The molecular formula is C14H17NO3S2. The zero-order chi connectivity index (χ0) is 14.2. The largest absolute Gasteiger partial charge is 0.348 e. The van der Waals surface area contributed by atoms with Crippen molar-refractivity contribution in [1.29, 1.82) is 0 Å². The highest BCUT2D eigenvalue weighted by Crippen LogP contribution is 2.30. The smallest absolute Gasteiger partial charge is 0.251 e. The first-order valence-electron chi connectivity index (χ1n) is 6.80. The molecule has 0 aromatic heterocycles. The quantitative estimate of drug-likeness (QED) is 0.902. The molecule has 1 aromatic rings. The van der Waals surface area contributed by atoms with Gasteiger partial charge in [-0.2, -0.15) is 0 Å². The van der Waals surface area contributed by atoms with Crippen molar-refractivity contribution in [3.63, 3.8) is 0 Å². The highest BCUT2D eigenvalue weighted by Gasteiger charge is 2.29. The molecule has 1 unspecified atom stereocenters. The number of amides is 1. The third-order valence-electron chi connectivity index (χ3n) is 3.74. The number of carbonyl (C=O) groups excluding carboxylic acids is 1. The van der Waals surface area contributed by atoms with Gasteiger partial charge in [0.15, 0.2) is 9.84 Å². The van der Waals surface area contributed by atoms with E-state index in [-0.39, 0.29) is 23.5 Å². The molecule has 108 valence electrons. The standard InChI is InChI=1S/C14H17NO3S2/c16-14(15-12-5-7-20(17,18)9-12)11-3-4-13-10(8-11)2-1-6-19-13/h3-4,8,12H,1-2,5-7,9H2,(H,15,16). The van der Waals surface area contributed by atoms with Crippen LogP contribution in [-0.4, -0.2) is 37.6 Å². The molecule has 3 rings (SSSR count). The zero-order valence-corrected chi connectivity index (χ0v) is 12.7. The van der Waals surface area contributed by atoms with Crippen molar-refractivity contribution >= 4 is 27.5 Å². The lowest BCUT2D eigenvalue weighted by atomic mass is 10.1. The maximum absolute atomic E-state index is 12.2. The third kappa shape index (κ3) is 3.01. The van der Waals surface area contributed by atoms with Gasteiger partial charge in [0.25, 0.3) is 5.91 Å². The number of rotatable bonds is 2. The van der Waals surface area contributed by atoms with Crippen LogP contribution in [0, 0.1) is 0 Å². The lowest BCUT2D eigenvalue weighted by Gasteiger charge is -2.17. The van der Waals surface area contributed by atoms with Gasteiger partial charge in [0.2, 0.25) is 0 Å². The van der Waals surface area contributed by atoms with Crippen LogP contribution in [0.1, 0.15) is 28.8 Å². The Labute approximate surface area is 123 Å². The predicted molar refractivity (Wildman–Crippen MR) is 80.0 cm³/mol. The molecule has 1 saturated heterocycles. The summed E-state index contributed by atoms with van der Waals surface area (Å²) in [7, 11) is -2.96. The minimum Gasteiger partial charge on any atom is -0.348 e. The van der Waals surface area contributed by atoms with E-state index in [1.54, 1.807) is 0 Å². The van der Waals surface area contributed by atoms with Gasteiger partial charge in [0, 0.05) is 16.5 Å². The molecule has 0 radical (unpaired) electrons. The number of benzene rings is 1. The number of hydrogen-bond acceptors (Lipinski definition) is 4. The first-order chi connectivity index (χ1) is 9.53. The molecule has 2 heterocycles. The molecule has 0 spiro atoms. The van der Waals surface area contributed by atoms with Crippen molar-refractivity contribution in [3.05, 3.63) is 29.3 Å². The van der Waals surface area contributed by atoms with Gasteiger partial charge in [0.05, 0.1) is 11.5 Å². The maximum atomic E-state index is 12.2. The average Bonchev–Trinajstić information content (AvgIpc) is 2.77. The Kier molecular flexibility index (Phi) is 3.77. The van der Waals surface area contributed by atoms with E-state index in [1.807, 2.05) is 30.0 Å². The summed E-state index contributed by atoms with van der Waals surface area (Å²) in [5, 5.41) is 2.83. The SMILES string of the molecule is O=C(NC1CCS(=O)(=O)C1)c1ccc2c(c1)CCCS2. The van der Waals surface area contributed by atoms with Crippen LogP contribution in [0.25, 0.3) is 0 Å². The van der Waals surface area contributed by atoms with Gasteiger partial charge < -0.3 is 5.32 Å². The van der Waals surface area contributed by atoms with Crippen LogP contribution in [0.2, 0.25) is 0 Å². The van der Waals surface area contributed by atoms with Crippen LogP contribution in [0.15, 0.2) is 23.1 Å². The minimum absolute atomic E-state index is 0.0690. The lowest BCUT2D eigenvalue weighted by molar-refractivity contribution is 0.0941. The van der Waals surface area contributed by atoms with Gasteiger partial charge in [-0.15, -0.1) is 11.8 Å². The number of nitrogens with one attached hydrogen (secondary N) is 1. The summed E-state index contributed by atoms with van der Waals surface area (Å²) in [5.41, 5.74) is 1.86. The summed E-state index contributed by atoms with van der Waals surface area (Å²) < 4.78 is 22.8. The number of aryl methyl sites for hydroxylation is 1. The Morgan fingerprint density at radius 1 is 1.35 bits per heavy atom. The first kappa shape index (κ1) is 13.9. The number of sulfone groups is 1. The summed E-state index contributed by atoms with van der Waals surface area (Å²) in [6, 6.07) is 5.54. The van der Waals surface area contributed by atoms with Gasteiger partial charge in [0.1, 0.15) is 0 Å². The van der Waals surface area contributed by atoms with Crippen LogP contribution in [0.4, 0.5) is 0 Å². The van der Waals surface area contributed by atoms with Crippen molar-refractivity contribution < 1.29 is 13.2 Å². The van der Waals surface area contributed by atoms with E-state index in [4.69, 9.17) is 0 Å². The molecular weight excluding hydrogens is 294 g/mol. The minimum atomic E-state index is -2.96. The Morgan fingerprint density at radius 2 is 2.20 bits per heavy atom. The second-order valence-electron chi connectivity index (χ2n) is 5.35. The van der Waals surface area contributed by atoms with Crippen LogP contribution in [0.3, 0.4) is 0 Å². The van der Waals surface area contributed by atoms with Gasteiger partial charge in [-0.3, -0.25) is 4.79 Å². The molecule has 20 heavy (non-hydrogen) atoms. The molecule has 2 aliphatic rings. The highest BCUT2D eigenvalue weighted by molar-refractivity contribution is 7.99. The van der Waals surface area contributed by atoms with Crippen LogP contribution in [-0.2, 0) is 16.3 Å². The molecule has 1 atom stereocenters. The number of fused-ring (bicyclic) bond motifs is 1. The number of carbonyl (C=O) groups is 1. The summed E-state index contributed by atoms with van der Waals surface area (Å²) >= 11 is 1.83. The lowest BCUT2D eigenvalue weighted by Crippen LogP contribution is -2.35. The fourth-order valence-corrected chi connectivity index (χ4v) is 5.37. The normalized spacial score (nSPS) is 24.1. The fraction of sp³-hybridized carbons (Fsp3) is 0.500. The second-order valence-corrected chi connectivity index (χ2v) is 8.71. The highest BCUT2D eigenvalue weighted by atomic mass is 32.2. The van der Waals surface area contributed by atoms with Crippen LogP contribution in [0.5, 0.6) is 0 Å². The van der Waals surface area contributed by atoms with E-state index >= 15 is 0 Å². The predicted octanol–water partition coefficient (Wildman–Crippen LogP) is 1.64. The zero-order valence-electron chi connectivity index (χ0n) is 11.1. The molecule has 0 aliphatic carbocycles. The Hall–Kier alpha value is -1.01. The first-order valence-corrected chi connectivity index (χ1v) is 9.61. The molecule has 1 amide bonds. The number of hydrogen-bond donors (Lipinski definition) is 1. The summed E-state index contributed by atoms with van der Waals surface area (Å²) in [4.78, 5) is 13.4. The van der Waals surface area contributed by atoms with Gasteiger partial charge >= 0.3 is 0 Å². The van der Waals surface area contributed by atoms with Crippen molar-refractivity contribution in [1.82, 2.24) is 5.32 Å². The van der Waals surface area contributed by atoms with Crippen molar-refractivity contribution in [2.45, 2.75) is 30.2 Å². The van der Waals surface area contributed by atoms with Gasteiger partial charge in [-0.1, -0.05) is 0 Å². The van der Waals surface area contributed by atoms with Gasteiger partial charge in [-0.25, -0.2) is 8.42 Å². The monoisotopic (exact) mass is 311 g/mol. The average molecular weight is 311 g/mol. The molecule has 0 saturated carbocycles. The van der Waals surface area contributed by atoms with Crippen LogP contribution >= 0.6 is 11.8 Å². The Morgan fingerprint density at radius 3 is 2.95 bits per heavy atom. The van der Waals surface area contributed by atoms with E-state index in [2.05, 4.69) is 5.32 Å². The maximum Gasteiger partial charge on any atom is 0.251 e. The van der Waals surface area contributed by atoms with E-state index in [1.165, 1.54) is 10.5 Å². The van der Waals surface area contributed by atoms with Gasteiger partial charge in [-0.05, 0) is 48.8 Å². The summed E-state index contributed by atoms with van der Waals surface area (Å²) in [6.45, 7) is 0. The topological polar surface area (TPSA) is 63.2 Å². The molecule has 4 nitrogen and oxygen atoms in total. The van der Waals surface area contributed by atoms with Crippen LogP contribution < -0.4 is 5.32 Å². The third-order valence-corrected chi connectivity index (χ3v) is 6.71. The fourth-order valence-electron chi connectivity index (χ4n) is 2.68. The summed E-state index contributed by atoms with van der Waals surface area (Å²) in [5.74, 6) is 1.22. The Bertz CT molecular complexity index is 640. The van der Waals surface area contributed by atoms with E-state index in [9.17, 15) is 13.2 Å². The van der Waals surface area contributed by atoms with E-state index in [0.29, 0.717) is 12.0 Å². The van der Waals surface area contributed by atoms with E-state index < -0.39 is 9.84 Å². The molecule has 1 fully saturated rings. The van der Waals surface area contributed by atoms with Crippen molar-refractivity contribution in [2.24, 2.45) is 0 Å². The number of thioether (sulfide) groups is 1. The molecule has 6 heteroatoms. The molecule has 2 aliphatic heterocycles. The molecule has 1 N–H and O–H groups in total. The molecule has 0 bridgehead atoms. The summed E-state index contributed by atoms with van der Waals surface area (Å²) in [6.07, 6.45) is 2.68. The van der Waals surface area contributed by atoms with E-state index in [0.717, 1.165) is 18.6 Å². The Balaban J connectivity index is 1.71. The van der Waals surface area contributed by atoms with Crippen molar-refractivity contribution in [3.8, 4) is 0 Å². The van der Waals surface area contributed by atoms with Crippen molar-refractivity contribution in [2.75, 3.05) is 17.3 Å². The molecule has 1 aromatic carbocycles. The second kappa shape index (κ2) is 5.41.